The molecule has 5 heteroatoms. The van der Waals surface area contributed by atoms with Crippen molar-refractivity contribution in [2.45, 2.75) is 13.0 Å². The highest BCUT2D eigenvalue weighted by Gasteiger charge is 2.32. The van der Waals surface area contributed by atoms with Crippen LogP contribution in [0.25, 0.3) is 0 Å². The molecule has 1 aliphatic heterocycles. The van der Waals surface area contributed by atoms with Crippen molar-refractivity contribution >= 4 is 11.8 Å². The van der Waals surface area contributed by atoms with Gasteiger partial charge in [0.05, 0.1) is 6.04 Å². The lowest BCUT2D eigenvalue weighted by molar-refractivity contribution is -0.144. The van der Waals surface area contributed by atoms with Crippen LogP contribution in [0, 0.1) is 5.92 Å². The molecule has 1 atom stereocenters. The molecule has 0 spiro atoms. The Bertz CT molecular complexity index is 774. The lowest BCUT2D eigenvalue weighted by Crippen LogP contribution is -2.49. The zero-order valence-electron chi connectivity index (χ0n) is 16.1. The number of nitrogens with zero attached hydrogens (tertiary/aromatic N) is 2. The Labute approximate surface area is 165 Å². The molecule has 1 unspecified atom stereocenters. The van der Waals surface area contributed by atoms with Gasteiger partial charge in [0.1, 0.15) is 5.78 Å². The van der Waals surface area contributed by atoms with Gasteiger partial charge in [0.25, 0.3) is 0 Å². The van der Waals surface area contributed by atoms with Crippen LogP contribution in [0.4, 0.5) is 0 Å². The lowest BCUT2D eigenvalue weighted by Gasteiger charge is -2.42. The van der Waals surface area contributed by atoms with E-state index >= 15 is 0 Å². The van der Waals surface area contributed by atoms with Gasteiger partial charge in [-0.25, -0.2) is 0 Å². The Balaban J connectivity index is 1.77. The van der Waals surface area contributed by atoms with Gasteiger partial charge in [-0.2, -0.15) is 0 Å². The Morgan fingerprint density at radius 3 is 1.75 bits per heavy atom. The molecule has 1 heterocycles. The van der Waals surface area contributed by atoms with Crippen molar-refractivity contribution in [3.63, 3.8) is 0 Å². The summed E-state index contributed by atoms with van der Waals surface area (Å²) in [6.07, 6.45) is 0. The Kier molecular flexibility index (Phi) is 6.26. The van der Waals surface area contributed by atoms with E-state index in [4.69, 9.17) is 0 Å². The molecule has 1 fully saturated rings. The molecule has 28 heavy (non-hydrogen) atoms. The van der Waals surface area contributed by atoms with Gasteiger partial charge in [0.15, 0.2) is 5.92 Å². The van der Waals surface area contributed by atoms with Crippen LogP contribution in [0.2, 0.25) is 0 Å². The summed E-state index contributed by atoms with van der Waals surface area (Å²) < 4.78 is 0. The Morgan fingerprint density at radius 2 is 1.36 bits per heavy atom. The number of carbonyl (C=O) groups is 2. The van der Waals surface area contributed by atoms with E-state index in [1.807, 2.05) is 41.3 Å². The van der Waals surface area contributed by atoms with Crippen LogP contribution in [0.3, 0.4) is 0 Å². The summed E-state index contributed by atoms with van der Waals surface area (Å²) in [7, 11) is 0. The first kappa shape index (κ1) is 19.8. The molecule has 3 rings (SSSR count). The molecule has 0 radical (unpaired) electrons. The van der Waals surface area contributed by atoms with E-state index in [1.54, 1.807) is 0 Å². The minimum atomic E-state index is -1.16. The summed E-state index contributed by atoms with van der Waals surface area (Å²) in [5.74, 6) is -2.68. The first-order valence-electron chi connectivity index (χ1n) is 9.50. The average Bonchev–Trinajstić information content (AvgIpc) is 2.70. The topological polar surface area (TPSA) is 60.9 Å². The van der Waals surface area contributed by atoms with Crippen molar-refractivity contribution in [3.8, 4) is 0 Å². The molecule has 1 aliphatic rings. The maximum Gasteiger partial charge on any atom is 0.320 e. The second-order valence-electron chi connectivity index (χ2n) is 7.12. The first-order chi connectivity index (χ1) is 13.5. The van der Waals surface area contributed by atoms with Gasteiger partial charge in [-0.3, -0.25) is 14.5 Å². The van der Waals surface area contributed by atoms with E-state index in [-0.39, 0.29) is 11.8 Å². The predicted molar refractivity (Wildman–Crippen MR) is 109 cm³/mol. The lowest BCUT2D eigenvalue weighted by atomic mass is 9.96. The zero-order valence-corrected chi connectivity index (χ0v) is 16.1. The standard InChI is InChI=1S/C23H26N2O3/c1-17(21(18(2)26)23(27)28)24-13-15-25(16-14-24)22(19-9-5-3-6-10-19)20-11-7-4-8-12-20/h3-12,21-22H,1,13-16H2,2H3,(H,27,28). The van der Waals surface area contributed by atoms with Gasteiger partial charge >= 0.3 is 5.97 Å². The highest BCUT2D eigenvalue weighted by Crippen LogP contribution is 2.30. The van der Waals surface area contributed by atoms with Crippen LogP contribution in [-0.2, 0) is 9.59 Å². The van der Waals surface area contributed by atoms with Crippen molar-refractivity contribution in [2.24, 2.45) is 5.92 Å². The number of carbonyl (C=O) groups excluding carboxylic acids is 1. The molecular weight excluding hydrogens is 352 g/mol. The van der Waals surface area contributed by atoms with Gasteiger partial charge in [-0.05, 0) is 18.1 Å². The molecule has 2 aromatic carbocycles. The SMILES string of the molecule is C=C(C(C(C)=O)C(=O)O)N1CCN(C(c2ccccc2)c2ccccc2)CC1. The van der Waals surface area contributed by atoms with Gasteiger partial charge in [0, 0.05) is 31.9 Å². The number of carboxylic acids is 1. The quantitative estimate of drug-likeness (QED) is 0.750. The number of ketones is 1. The number of benzene rings is 2. The normalized spacial score (nSPS) is 16.0. The van der Waals surface area contributed by atoms with Crippen molar-refractivity contribution in [3.05, 3.63) is 84.1 Å². The fraction of sp³-hybridized carbons (Fsp3) is 0.304. The number of hydrogen-bond acceptors (Lipinski definition) is 4. The number of Topliss-reactive ketones (excluding diaryl/α,β-unsaturated/α-hetero) is 1. The summed E-state index contributed by atoms with van der Waals surface area (Å²) >= 11 is 0. The van der Waals surface area contributed by atoms with Gasteiger partial charge in [0.2, 0.25) is 0 Å². The third-order valence-electron chi connectivity index (χ3n) is 5.30. The molecule has 0 bridgehead atoms. The first-order valence-corrected chi connectivity index (χ1v) is 9.50. The van der Waals surface area contributed by atoms with E-state index in [9.17, 15) is 14.7 Å². The largest absolute Gasteiger partial charge is 0.480 e. The van der Waals surface area contributed by atoms with Crippen LogP contribution >= 0.6 is 0 Å². The van der Waals surface area contributed by atoms with Gasteiger partial charge in [-0.1, -0.05) is 67.2 Å². The van der Waals surface area contributed by atoms with E-state index in [1.165, 1.54) is 18.1 Å². The van der Waals surface area contributed by atoms with Gasteiger partial charge in [-0.15, -0.1) is 0 Å². The zero-order chi connectivity index (χ0) is 20.1. The molecule has 146 valence electrons. The van der Waals surface area contributed by atoms with E-state index < -0.39 is 11.9 Å². The third-order valence-corrected chi connectivity index (χ3v) is 5.30. The monoisotopic (exact) mass is 378 g/mol. The minimum Gasteiger partial charge on any atom is -0.480 e. The fourth-order valence-electron chi connectivity index (χ4n) is 3.89. The van der Waals surface area contributed by atoms with E-state index in [0.29, 0.717) is 18.8 Å². The molecule has 0 aliphatic carbocycles. The second kappa shape index (κ2) is 8.85. The number of hydrogen-bond donors (Lipinski definition) is 1. The van der Waals surface area contributed by atoms with Crippen molar-refractivity contribution in [1.82, 2.24) is 9.80 Å². The molecule has 0 aromatic heterocycles. The summed E-state index contributed by atoms with van der Waals surface area (Å²) in [6, 6.07) is 20.9. The second-order valence-corrected chi connectivity index (χ2v) is 7.12. The molecular formula is C23H26N2O3. The number of carboxylic acid groups (broad SMARTS) is 1. The minimum absolute atomic E-state index is 0.140. The number of aliphatic carboxylic acids is 1. The number of rotatable bonds is 7. The smallest absolute Gasteiger partial charge is 0.320 e. The fourth-order valence-corrected chi connectivity index (χ4v) is 3.89. The maximum absolute atomic E-state index is 11.7. The number of piperazine rings is 1. The van der Waals surface area contributed by atoms with Crippen molar-refractivity contribution < 1.29 is 14.7 Å². The third kappa shape index (κ3) is 4.31. The van der Waals surface area contributed by atoms with Crippen molar-refractivity contribution in [1.29, 1.82) is 0 Å². The molecule has 0 amide bonds. The summed E-state index contributed by atoms with van der Waals surface area (Å²) in [5.41, 5.74) is 2.84. The predicted octanol–water partition coefficient (Wildman–Crippen LogP) is 3.20. The van der Waals surface area contributed by atoms with Gasteiger partial charge < -0.3 is 10.0 Å². The maximum atomic E-state index is 11.7. The summed E-state index contributed by atoms with van der Waals surface area (Å²) in [6.45, 7) is 8.03. The van der Waals surface area contributed by atoms with Crippen LogP contribution in [0.15, 0.2) is 72.9 Å². The Hall–Kier alpha value is -2.92. The molecule has 1 N–H and O–H groups in total. The highest BCUT2D eigenvalue weighted by atomic mass is 16.4. The molecule has 2 aromatic rings. The Morgan fingerprint density at radius 1 is 0.893 bits per heavy atom. The molecule has 1 saturated heterocycles. The molecule has 5 nitrogen and oxygen atoms in total. The van der Waals surface area contributed by atoms with Crippen LogP contribution < -0.4 is 0 Å². The highest BCUT2D eigenvalue weighted by molar-refractivity contribution is 5.99. The average molecular weight is 378 g/mol. The summed E-state index contributed by atoms with van der Waals surface area (Å²) in [4.78, 5) is 27.5. The van der Waals surface area contributed by atoms with Crippen LogP contribution in [-0.4, -0.2) is 52.8 Å². The van der Waals surface area contributed by atoms with Crippen molar-refractivity contribution in [2.75, 3.05) is 26.2 Å². The molecule has 0 saturated carbocycles. The van der Waals surface area contributed by atoms with E-state index in [0.717, 1.165) is 13.1 Å². The van der Waals surface area contributed by atoms with Crippen LogP contribution in [0.1, 0.15) is 24.1 Å². The van der Waals surface area contributed by atoms with E-state index in [2.05, 4.69) is 35.7 Å². The summed E-state index contributed by atoms with van der Waals surface area (Å²) in [5, 5.41) is 9.36. The van der Waals surface area contributed by atoms with Crippen LogP contribution in [0.5, 0.6) is 0 Å².